The minimum atomic E-state index is -5.12. The van der Waals surface area contributed by atoms with Crippen LogP contribution in [0.25, 0.3) is 10.8 Å². The number of rotatable bonds is 8. The fourth-order valence-corrected chi connectivity index (χ4v) is 8.79. The number of benzene rings is 3. The number of hydrogen-bond donors (Lipinski definition) is 4. The van der Waals surface area contributed by atoms with Gasteiger partial charge in [-0.1, -0.05) is 60.7 Å². The molecule has 0 spiro atoms. The zero-order valence-corrected chi connectivity index (χ0v) is 25.6. The van der Waals surface area contributed by atoms with Gasteiger partial charge in [0.25, 0.3) is 10.0 Å². The topological polar surface area (TPSA) is 213 Å². The fourth-order valence-electron chi connectivity index (χ4n) is 5.34. The summed E-state index contributed by atoms with van der Waals surface area (Å²) in [5, 5.41) is 17.9. The van der Waals surface area contributed by atoms with Crippen LogP contribution >= 0.6 is 11.8 Å². The minimum Gasteiger partial charge on any atom is -0.480 e. The molecule has 2 heterocycles. The van der Waals surface area contributed by atoms with E-state index in [9.17, 15) is 41.1 Å². The van der Waals surface area contributed by atoms with E-state index in [4.69, 9.17) is 5.14 Å². The summed E-state index contributed by atoms with van der Waals surface area (Å²) in [6, 6.07) is 11.7. The summed E-state index contributed by atoms with van der Waals surface area (Å²) in [6.07, 6.45) is 0. The number of amides is 4. The van der Waals surface area contributed by atoms with Gasteiger partial charge in [0.05, 0.1) is 4.90 Å². The van der Waals surface area contributed by atoms with Gasteiger partial charge >= 0.3 is 22.2 Å². The Balaban J connectivity index is 1.47. The molecule has 44 heavy (non-hydrogen) atoms. The van der Waals surface area contributed by atoms with E-state index in [-0.39, 0.29) is 14.8 Å². The number of nitrogens with zero attached hydrogens (tertiary/aromatic N) is 2. The van der Waals surface area contributed by atoms with Gasteiger partial charge in [-0.3, -0.25) is 9.59 Å². The van der Waals surface area contributed by atoms with Gasteiger partial charge < -0.3 is 15.3 Å². The maximum Gasteiger partial charge on any atom is 0.347 e. The highest BCUT2D eigenvalue weighted by Gasteiger charge is 2.64. The number of nitrogens with two attached hydrogens (primary N) is 1. The van der Waals surface area contributed by atoms with E-state index in [1.54, 1.807) is 48.9 Å². The van der Waals surface area contributed by atoms with Crippen molar-refractivity contribution in [3.63, 3.8) is 0 Å². The van der Waals surface area contributed by atoms with Crippen LogP contribution in [0, 0.1) is 0 Å². The van der Waals surface area contributed by atoms with Gasteiger partial charge in [-0.2, -0.15) is 12.7 Å². The van der Waals surface area contributed by atoms with Gasteiger partial charge in [0.1, 0.15) is 17.5 Å². The maximum absolute atomic E-state index is 13.7. The van der Waals surface area contributed by atoms with Crippen molar-refractivity contribution >= 4 is 66.6 Å². The standard InChI is InChI=1S/C27H27N5O9S3/c1-27(2)21(25(35)36)31-23(34)19(24(31)42-27)29-22(33)20(16-9-4-3-5-10-16)32(44(28,40)41)26(37)30-43(38,39)18-13-12-15-8-6-7-11-17(15)14-18/h3-14,19-21,24H,1-2H3,(H,29,33)(H,30,37)(H,35,36)(H2,28,40,41)/t19-,20?,21+,24-/m1/s1. The lowest BCUT2D eigenvalue weighted by Gasteiger charge is -2.44. The van der Waals surface area contributed by atoms with Crippen molar-refractivity contribution in [2.24, 2.45) is 5.14 Å². The van der Waals surface area contributed by atoms with Crippen LogP contribution in [-0.2, 0) is 34.6 Å². The molecule has 0 radical (unpaired) electrons. The lowest BCUT2D eigenvalue weighted by atomic mass is 9.95. The zero-order valence-electron chi connectivity index (χ0n) is 23.1. The summed E-state index contributed by atoms with van der Waals surface area (Å²) in [5.74, 6) is -3.11. The third kappa shape index (κ3) is 5.58. The highest BCUT2D eigenvalue weighted by atomic mass is 32.2. The van der Waals surface area contributed by atoms with Gasteiger partial charge in [0.2, 0.25) is 11.8 Å². The number of hydrogen-bond acceptors (Lipinski definition) is 9. The van der Waals surface area contributed by atoms with Crippen molar-refractivity contribution in [2.75, 3.05) is 0 Å². The van der Waals surface area contributed by atoms with Gasteiger partial charge in [0.15, 0.2) is 6.04 Å². The highest BCUT2D eigenvalue weighted by Crippen LogP contribution is 2.50. The number of sulfonamides is 1. The molecule has 0 saturated carbocycles. The van der Waals surface area contributed by atoms with E-state index in [0.717, 1.165) is 16.7 Å². The predicted molar refractivity (Wildman–Crippen MR) is 159 cm³/mol. The monoisotopic (exact) mass is 661 g/mol. The van der Waals surface area contributed by atoms with Crippen molar-refractivity contribution in [1.82, 2.24) is 19.2 Å². The second-order valence-corrected chi connectivity index (χ2v) is 15.5. The van der Waals surface area contributed by atoms with Crippen LogP contribution in [0.1, 0.15) is 25.5 Å². The Kier molecular flexibility index (Phi) is 7.86. The maximum atomic E-state index is 13.7. The highest BCUT2D eigenvalue weighted by molar-refractivity contribution is 8.01. The molecule has 0 aromatic heterocycles. The summed E-state index contributed by atoms with van der Waals surface area (Å²) in [4.78, 5) is 52.8. The summed E-state index contributed by atoms with van der Waals surface area (Å²) in [6.45, 7) is 3.27. The SMILES string of the molecule is CC1(C)S[C@@H]2[C@H](NC(=O)C(c3ccccc3)N(C(=O)NS(=O)(=O)c3ccc4ccccc4c3)S(N)(=O)=O)C(=O)N2[C@H]1C(=O)O. The number of β-lactam (4-membered cyclic amide) rings is 1. The van der Waals surface area contributed by atoms with Gasteiger partial charge in [-0.25, -0.2) is 27.9 Å². The van der Waals surface area contributed by atoms with Crippen LogP contribution in [0.15, 0.2) is 77.7 Å². The van der Waals surface area contributed by atoms with Crippen molar-refractivity contribution < 1.29 is 41.1 Å². The fraction of sp³-hybridized carbons (Fsp3) is 0.259. The molecule has 4 atom stereocenters. The van der Waals surface area contributed by atoms with Crippen molar-refractivity contribution in [2.45, 2.75) is 47.0 Å². The molecule has 5 N–H and O–H groups in total. The molecule has 3 aromatic rings. The van der Waals surface area contributed by atoms with Crippen LogP contribution in [-0.4, -0.2) is 77.2 Å². The lowest BCUT2D eigenvalue weighted by Crippen LogP contribution is -2.71. The molecule has 1 unspecified atom stereocenters. The van der Waals surface area contributed by atoms with Crippen molar-refractivity contribution in [3.8, 4) is 0 Å². The summed E-state index contributed by atoms with van der Waals surface area (Å²) >= 11 is 1.14. The molecule has 3 aromatic carbocycles. The molecule has 4 amide bonds. The Hall–Kier alpha value is -4.19. The van der Waals surface area contributed by atoms with E-state index < -0.39 is 72.3 Å². The number of aliphatic carboxylic acids is 1. The lowest BCUT2D eigenvalue weighted by molar-refractivity contribution is -0.161. The van der Waals surface area contributed by atoms with Gasteiger partial charge in [-0.15, -0.1) is 11.8 Å². The number of carbonyl (C=O) groups is 4. The van der Waals surface area contributed by atoms with E-state index in [1.807, 2.05) is 0 Å². The van der Waals surface area contributed by atoms with E-state index in [2.05, 4.69) is 5.32 Å². The first-order valence-electron chi connectivity index (χ1n) is 13.0. The first-order chi connectivity index (χ1) is 20.5. The Labute approximate surface area is 256 Å². The van der Waals surface area contributed by atoms with Crippen LogP contribution in [0.4, 0.5) is 4.79 Å². The molecule has 5 rings (SSSR count). The molecule has 0 aliphatic carbocycles. The van der Waals surface area contributed by atoms with Crippen LogP contribution in [0.2, 0.25) is 0 Å². The Morgan fingerprint density at radius 3 is 2.20 bits per heavy atom. The molecule has 2 aliphatic heterocycles. The van der Waals surface area contributed by atoms with E-state index >= 15 is 0 Å². The van der Waals surface area contributed by atoms with Gasteiger partial charge in [0, 0.05) is 4.75 Å². The predicted octanol–water partition coefficient (Wildman–Crippen LogP) is 1.12. The summed E-state index contributed by atoms with van der Waals surface area (Å²) < 4.78 is 52.7. The molecule has 2 aliphatic rings. The third-order valence-corrected chi connectivity index (χ3v) is 11.1. The van der Waals surface area contributed by atoms with E-state index in [0.29, 0.717) is 10.8 Å². The quantitative estimate of drug-likeness (QED) is 0.253. The molecule has 2 saturated heterocycles. The smallest absolute Gasteiger partial charge is 0.347 e. The second-order valence-electron chi connectivity index (χ2n) is 10.7. The number of nitrogens with one attached hydrogen (secondary N) is 2. The van der Waals surface area contributed by atoms with Crippen LogP contribution < -0.4 is 15.2 Å². The molecule has 2 fully saturated rings. The molecular formula is C27H27N5O9S3. The number of carboxylic acids is 1. The van der Waals surface area contributed by atoms with Crippen molar-refractivity contribution in [3.05, 3.63) is 78.4 Å². The average Bonchev–Trinajstić information content (AvgIpc) is 3.21. The van der Waals surface area contributed by atoms with Crippen molar-refractivity contribution in [1.29, 1.82) is 0 Å². The first kappa shape index (κ1) is 31.2. The van der Waals surface area contributed by atoms with Crippen LogP contribution in [0.5, 0.6) is 0 Å². The van der Waals surface area contributed by atoms with Crippen LogP contribution in [0.3, 0.4) is 0 Å². The third-order valence-electron chi connectivity index (χ3n) is 7.30. The second kappa shape index (κ2) is 11.1. The molecule has 0 bridgehead atoms. The number of carbonyl (C=O) groups excluding carboxylic acids is 3. The number of thioether (sulfide) groups is 1. The Bertz CT molecular complexity index is 1900. The largest absolute Gasteiger partial charge is 0.480 e. The number of carboxylic acid groups (broad SMARTS) is 1. The van der Waals surface area contributed by atoms with E-state index in [1.165, 1.54) is 42.5 Å². The molecule has 14 nitrogen and oxygen atoms in total. The normalized spacial score (nSPS) is 21.6. The average molecular weight is 662 g/mol. The molecule has 232 valence electrons. The Morgan fingerprint density at radius 1 is 0.977 bits per heavy atom. The zero-order chi connectivity index (χ0) is 32.2. The first-order valence-corrected chi connectivity index (χ1v) is 16.9. The molecule has 17 heteroatoms. The summed E-state index contributed by atoms with van der Waals surface area (Å²) in [5.41, 5.74) is -0.0660. The van der Waals surface area contributed by atoms with Gasteiger partial charge in [-0.05, 0) is 42.3 Å². The Morgan fingerprint density at radius 2 is 1.59 bits per heavy atom. The number of fused-ring (bicyclic) bond motifs is 2. The molecular weight excluding hydrogens is 635 g/mol. The summed E-state index contributed by atoms with van der Waals surface area (Å²) in [7, 11) is -9.80. The number of urea groups is 1. The minimum absolute atomic E-state index is 0.0660.